The predicted octanol–water partition coefficient (Wildman–Crippen LogP) is 3.62. The van der Waals surface area contributed by atoms with Crippen LogP contribution in [0.3, 0.4) is 0 Å². The van der Waals surface area contributed by atoms with E-state index in [-0.39, 0.29) is 0 Å². The summed E-state index contributed by atoms with van der Waals surface area (Å²) in [6, 6.07) is 14.9. The van der Waals surface area contributed by atoms with Crippen LogP contribution < -0.4 is 4.57 Å². The van der Waals surface area contributed by atoms with E-state index in [1.807, 2.05) is 0 Å². The van der Waals surface area contributed by atoms with Crippen LogP contribution in [0.15, 0.2) is 54.9 Å². The van der Waals surface area contributed by atoms with Gasteiger partial charge in [0.1, 0.15) is 29.1 Å². The molecule has 0 saturated carbocycles. The van der Waals surface area contributed by atoms with Gasteiger partial charge in [0.15, 0.2) is 0 Å². The van der Waals surface area contributed by atoms with Crippen molar-refractivity contribution in [3.05, 3.63) is 64.0 Å². The molecule has 0 aliphatic heterocycles. The second-order valence-electron chi connectivity index (χ2n) is 5.27. The fraction of sp³-hybridized carbons (Fsp3) is 0.118. The minimum atomic E-state index is 1.17. The standard InChI is InChI=1S/C17H15IN3/c1-12-13(18)6-5-9-14(12)20-10-11-21-16-8-4-3-7-15(16)19(2)17(20)21/h3-11H,1-2H3/q+1. The van der Waals surface area contributed by atoms with E-state index >= 15 is 0 Å². The highest BCUT2D eigenvalue weighted by Gasteiger charge is 2.21. The summed E-state index contributed by atoms with van der Waals surface area (Å²) in [6.45, 7) is 2.18. The number of rotatable bonds is 1. The van der Waals surface area contributed by atoms with E-state index < -0.39 is 0 Å². The quantitative estimate of drug-likeness (QED) is 0.349. The number of fused-ring (bicyclic) bond motifs is 3. The molecule has 0 fully saturated rings. The topological polar surface area (TPSA) is 13.2 Å². The van der Waals surface area contributed by atoms with Gasteiger partial charge in [0.2, 0.25) is 0 Å². The van der Waals surface area contributed by atoms with Crippen LogP contribution in [-0.2, 0) is 7.05 Å². The molecule has 0 aliphatic carbocycles. The van der Waals surface area contributed by atoms with E-state index in [9.17, 15) is 0 Å². The highest BCUT2D eigenvalue weighted by atomic mass is 127. The van der Waals surface area contributed by atoms with E-state index in [0.717, 1.165) is 0 Å². The number of aromatic nitrogens is 3. The number of hydrogen-bond acceptors (Lipinski definition) is 0. The van der Waals surface area contributed by atoms with Gasteiger partial charge in [0.05, 0.1) is 7.05 Å². The van der Waals surface area contributed by atoms with Gasteiger partial charge in [0.25, 0.3) is 0 Å². The van der Waals surface area contributed by atoms with Gasteiger partial charge in [-0.1, -0.05) is 18.2 Å². The first kappa shape index (κ1) is 12.9. The normalized spacial score (nSPS) is 11.6. The van der Waals surface area contributed by atoms with Crippen molar-refractivity contribution >= 4 is 39.4 Å². The minimum absolute atomic E-state index is 1.17. The maximum absolute atomic E-state index is 2.39. The van der Waals surface area contributed by atoms with E-state index in [1.165, 1.54) is 31.6 Å². The first-order chi connectivity index (χ1) is 10.2. The largest absolute Gasteiger partial charge is 0.374 e. The summed E-state index contributed by atoms with van der Waals surface area (Å²) in [5.74, 6) is 1.17. The summed E-state index contributed by atoms with van der Waals surface area (Å²) < 4.78 is 8.04. The van der Waals surface area contributed by atoms with Crippen molar-refractivity contribution in [2.75, 3.05) is 0 Å². The van der Waals surface area contributed by atoms with Crippen LogP contribution in [0.1, 0.15) is 5.56 Å². The molecule has 0 saturated heterocycles. The average molecular weight is 388 g/mol. The third-order valence-electron chi connectivity index (χ3n) is 4.10. The number of halogens is 1. The van der Waals surface area contributed by atoms with E-state index in [0.29, 0.717) is 0 Å². The fourth-order valence-corrected chi connectivity index (χ4v) is 3.48. The maximum Gasteiger partial charge on any atom is 0.374 e. The summed E-state index contributed by atoms with van der Waals surface area (Å²) in [5, 5.41) is 0. The van der Waals surface area contributed by atoms with Gasteiger partial charge in [-0.2, -0.15) is 4.40 Å². The van der Waals surface area contributed by atoms with Gasteiger partial charge >= 0.3 is 5.78 Å². The molecular weight excluding hydrogens is 373 g/mol. The Balaban J connectivity index is 2.13. The van der Waals surface area contributed by atoms with Crippen LogP contribution in [0.4, 0.5) is 0 Å². The average Bonchev–Trinajstić information content (AvgIpc) is 3.04. The summed E-state index contributed by atoms with van der Waals surface area (Å²) >= 11 is 2.39. The zero-order valence-corrected chi connectivity index (χ0v) is 14.1. The lowest BCUT2D eigenvalue weighted by Crippen LogP contribution is -2.29. The van der Waals surface area contributed by atoms with Crippen LogP contribution in [-0.4, -0.2) is 8.97 Å². The van der Waals surface area contributed by atoms with E-state index in [1.54, 1.807) is 0 Å². The van der Waals surface area contributed by atoms with Gasteiger partial charge in [-0.3, -0.25) is 0 Å². The molecule has 4 aromatic rings. The molecule has 0 N–H and O–H groups in total. The first-order valence-electron chi connectivity index (χ1n) is 6.90. The molecular formula is C17H15IN3+. The van der Waals surface area contributed by atoms with Crippen molar-refractivity contribution in [2.45, 2.75) is 6.92 Å². The monoisotopic (exact) mass is 388 g/mol. The van der Waals surface area contributed by atoms with Gasteiger partial charge in [-0.15, -0.1) is 0 Å². The first-order valence-corrected chi connectivity index (χ1v) is 7.98. The minimum Gasteiger partial charge on any atom is -0.230 e. The number of hydrogen-bond donors (Lipinski definition) is 0. The number of para-hydroxylation sites is 2. The molecule has 0 atom stereocenters. The molecule has 0 radical (unpaired) electrons. The molecule has 2 aromatic heterocycles. The van der Waals surface area contributed by atoms with Gasteiger partial charge in [-0.05, 0) is 53.8 Å². The smallest absolute Gasteiger partial charge is 0.230 e. The summed E-state index contributed by atoms with van der Waals surface area (Å²) in [5.41, 5.74) is 5.01. The molecule has 4 rings (SSSR count). The van der Waals surface area contributed by atoms with Crippen molar-refractivity contribution in [1.29, 1.82) is 0 Å². The Bertz CT molecular complexity index is 978. The van der Waals surface area contributed by atoms with Crippen LogP contribution in [0.2, 0.25) is 0 Å². The van der Waals surface area contributed by atoms with Crippen molar-refractivity contribution in [2.24, 2.45) is 7.05 Å². The number of imidazole rings is 2. The highest BCUT2D eigenvalue weighted by Crippen LogP contribution is 2.23. The van der Waals surface area contributed by atoms with Crippen molar-refractivity contribution in [3.8, 4) is 5.69 Å². The molecule has 0 bridgehead atoms. The molecule has 0 amide bonds. The van der Waals surface area contributed by atoms with E-state index in [2.05, 4.69) is 105 Å². The fourth-order valence-electron chi connectivity index (χ4n) is 3.00. The molecule has 0 aliphatic rings. The van der Waals surface area contributed by atoms with E-state index in [4.69, 9.17) is 0 Å². The molecule has 0 spiro atoms. The van der Waals surface area contributed by atoms with Crippen LogP contribution in [0.5, 0.6) is 0 Å². The highest BCUT2D eigenvalue weighted by molar-refractivity contribution is 14.1. The molecule has 104 valence electrons. The maximum atomic E-state index is 2.39. The number of aryl methyl sites for hydroxylation is 1. The Morgan fingerprint density at radius 3 is 2.67 bits per heavy atom. The van der Waals surface area contributed by atoms with Crippen molar-refractivity contribution in [1.82, 2.24) is 8.97 Å². The lowest BCUT2D eigenvalue weighted by atomic mass is 10.2. The number of benzene rings is 2. The SMILES string of the molecule is Cc1c(I)cccc1-n1ccn2c3ccccc3[n+](C)c12. The van der Waals surface area contributed by atoms with Crippen LogP contribution in [0.25, 0.3) is 22.5 Å². The van der Waals surface area contributed by atoms with Gasteiger partial charge in [-0.25, -0.2) is 9.13 Å². The Kier molecular flexibility index (Phi) is 2.82. The van der Waals surface area contributed by atoms with Crippen molar-refractivity contribution < 1.29 is 4.57 Å². The summed E-state index contributed by atoms with van der Waals surface area (Å²) in [4.78, 5) is 0. The van der Waals surface area contributed by atoms with Crippen LogP contribution in [0, 0.1) is 10.5 Å². The van der Waals surface area contributed by atoms with Gasteiger partial charge < -0.3 is 0 Å². The zero-order chi connectivity index (χ0) is 14.6. The lowest BCUT2D eigenvalue weighted by Gasteiger charge is -2.05. The third-order valence-corrected chi connectivity index (χ3v) is 5.27. The Hall–Kier alpha value is -1.82. The summed E-state index contributed by atoms with van der Waals surface area (Å²) in [7, 11) is 2.12. The second-order valence-corrected chi connectivity index (χ2v) is 6.43. The molecule has 0 unspecified atom stereocenters. The predicted molar refractivity (Wildman–Crippen MR) is 92.9 cm³/mol. The van der Waals surface area contributed by atoms with Gasteiger partial charge in [0, 0.05) is 9.13 Å². The molecule has 21 heavy (non-hydrogen) atoms. The molecule has 2 aromatic carbocycles. The lowest BCUT2D eigenvalue weighted by molar-refractivity contribution is -0.620. The molecule has 4 heteroatoms. The Morgan fingerprint density at radius 1 is 1.00 bits per heavy atom. The van der Waals surface area contributed by atoms with Crippen molar-refractivity contribution in [3.63, 3.8) is 0 Å². The second kappa shape index (κ2) is 4.59. The third kappa shape index (κ3) is 1.75. The summed E-state index contributed by atoms with van der Waals surface area (Å²) in [6.07, 6.45) is 4.27. The molecule has 3 nitrogen and oxygen atoms in total. The molecule has 2 heterocycles. The number of nitrogens with zero attached hydrogens (tertiary/aromatic N) is 3. The Labute approximate surface area is 136 Å². The zero-order valence-electron chi connectivity index (χ0n) is 11.9. The Morgan fingerprint density at radius 2 is 1.81 bits per heavy atom. The van der Waals surface area contributed by atoms with Crippen LogP contribution >= 0.6 is 22.6 Å².